The van der Waals surface area contributed by atoms with Gasteiger partial charge in [-0.1, -0.05) is 30.3 Å². The van der Waals surface area contributed by atoms with Crippen LogP contribution in [0.25, 0.3) is 32.8 Å². The van der Waals surface area contributed by atoms with Gasteiger partial charge >= 0.3 is 6.01 Å². The molecule has 11 heteroatoms. The van der Waals surface area contributed by atoms with Crippen molar-refractivity contribution in [2.24, 2.45) is 0 Å². The SMILES string of the molecule is C=CC(=O)N1CC[C@@H]2[C@H]1CN2c1nc(OC[C@@H]2C[C@@H](F)CN2C)nc2cc(-c3cncc4cccc(Cl)c34)c(F)cc12. The van der Waals surface area contributed by atoms with Crippen molar-refractivity contribution in [3.05, 3.63) is 66.2 Å². The molecule has 5 heterocycles. The summed E-state index contributed by atoms with van der Waals surface area (Å²) in [6.07, 6.45) is 4.88. The predicted octanol–water partition coefficient (Wildman–Crippen LogP) is 5.03. The number of alkyl halides is 1. The fraction of sp³-hybridized carbons (Fsp3) is 0.355. The molecule has 2 aromatic heterocycles. The normalized spacial score (nSPS) is 23.8. The van der Waals surface area contributed by atoms with Gasteiger partial charge in [0.2, 0.25) is 5.91 Å². The molecule has 4 aromatic rings. The zero-order chi connectivity index (χ0) is 29.1. The molecule has 0 radical (unpaired) electrons. The Morgan fingerprint density at radius 1 is 1.19 bits per heavy atom. The Balaban J connectivity index is 1.31. The number of hydrogen-bond acceptors (Lipinski definition) is 7. The lowest BCUT2D eigenvalue weighted by molar-refractivity contribution is -0.127. The molecule has 42 heavy (non-hydrogen) atoms. The van der Waals surface area contributed by atoms with E-state index in [1.807, 2.05) is 29.0 Å². The quantitative estimate of drug-likeness (QED) is 0.292. The highest BCUT2D eigenvalue weighted by atomic mass is 35.5. The van der Waals surface area contributed by atoms with Gasteiger partial charge in [0.25, 0.3) is 0 Å². The van der Waals surface area contributed by atoms with E-state index in [0.717, 1.165) is 11.8 Å². The van der Waals surface area contributed by atoms with E-state index >= 15 is 4.39 Å². The van der Waals surface area contributed by atoms with E-state index in [-0.39, 0.29) is 36.7 Å². The summed E-state index contributed by atoms with van der Waals surface area (Å²) in [6, 6.07) is 8.72. The molecule has 0 aliphatic carbocycles. The summed E-state index contributed by atoms with van der Waals surface area (Å²) >= 11 is 6.56. The zero-order valence-electron chi connectivity index (χ0n) is 23.0. The topological polar surface area (TPSA) is 74.7 Å². The van der Waals surface area contributed by atoms with E-state index in [0.29, 0.717) is 64.3 Å². The number of halogens is 3. The molecule has 0 spiro atoms. The molecule has 3 aliphatic heterocycles. The molecule has 8 nitrogen and oxygen atoms in total. The molecule has 4 atom stereocenters. The molecule has 3 fully saturated rings. The average Bonchev–Trinajstić information content (AvgIpc) is 3.48. The van der Waals surface area contributed by atoms with Crippen LogP contribution in [0.4, 0.5) is 14.6 Å². The average molecular weight is 591 g/mol. The monoisotopic (exact) mass is 590 g/mol. The Morgan fingerprint density at radius 2 is 2.05 bits per heavy atom. The van der Waals surface area contributed by atoms with E-state index in [2.05, 4.69) is 21.4 Å². The summed E-state index contributed by atoms with van der Waals surface area (Å²) in [5.41, 5.74) is 1.37. The van der Waals surface area contributed by atoms with Crippen molar-refractivity contribution in [2.45, 2.75) is 37.1 Å². The molecule has 0 N–H and O–H groups in total. The first-order valence-electron chi connectivity index (χ1n) is 14.0. The maximum absolute atomic E-state index is 16.0. The third kappa shape index (κ3) is 4.44. The van der Waals surface area contributed by atoms with Crippen molar-refractivity contribution >= 4 is 45.0 Å². The van der Waals surface area contributed by atoms with Crippen LogP contribution in [0.1, 0.15) is 12.8 Å². The van der Waals surface area contributed by atoms with Crippen LogP contribution in [0.3, 0.4) is 0 Å². The fourth-order valence-corrected chi connectivity index (χ4v) is 6.91. The molecule has 2 aromatic carbocycles. The second-order valence-corrected chi connectivity index (χ2v) is 11.7. The highest BCUT2D eigenvalue weighted by molar-refractivity contribution is 6.36. The molecule has 0 saturated carbocycles. The summed E-state index contributed by atoms with van der Waals surface area (Å²) in [5, 5.41) is 2.53. The number of likely N-dealkylation sites (tertiary alicyclic amines) is 2. The number of amides is 1. The number of ether oxygens (including phenoxy) is 1. The maximum atomic E-state index is 16.0. The Hall–Kier alpha value is -3.89. The van der Waals surface area contributed by atoms with Gasteiger partial charge in [-0.15, -0.1) is 0 Å². The Kier molecular flexibility index (Phi) is 6.70. The van der Waals surface area contributed by atoms with Crippen LogP contribution in [0, 0.1) is 5.82 Å². The molecule has 3 saturated heterocycles. The Bertz CT molecular complexity index is 1730. The molecule has 7 rings (SSSR count). The van der Waals surface area contributed by atoms with E-state index in [9.17, 15) is 9.18 Å². The van der Waals surface area contributed by atoms with Gasteiger partial charge < -0.3 is 14.5 Å². The minimum absolute atomic E-state index is 0.0338. The summed E-state index contributed by atoms with van der Waals surface area (Å²) in [6.45, 7) is 5.39. The number of nitrogens with zero attached hydrogens (tertiary/aromatic N) is 6. The first-order chi connectivity index (χ1) is 20.3. The van der Waals surface area contributed by atoms with Crippen LogP contribution < -0.4 is 9.64 Å². The molecular formula is C31H29ClF2N6O2. The number of anilines is 1. The van der Waals surface area contributed by atoms with Gasteiger partial charge in [0.05, 0.1) is 17.6 Å². The molecule has 216 valence electrons. The first-order valence-corrected chi connectivity index (χ1v) is 14.4. The van der Waals surface area contributed by atoms with Crippen molar-refractivity contribution in [1.82, 2.24) is 24.8 Å². The number of likely N-dealkylation sites (N-methyl/N-ethyl adjacent to an activating group) is 1. The Labute approximate surface area is 246 Å². The van der Waals surface area contributed by atoms with Gasteiger partial charge in [0.1, 0.15) is 24.4 Å². The Morgan fingerprint density at radius 3 is 2.83 bits per heavy atom. The van der Waals surface area contributed by atoms with Crippen molar-refractivity contribution in [1.29, 1.82) is 0 Å². The minimum atomic E-state index is -0.898. The number of carbonyl (C=O) groups excluding carboxylic acids is 1. The lowest BCUT2D eigenvalue weighted by Crippen LogP contribution is -2.63. The number of rotatable bonds is 6. The van der Waals surface area contributed by atoms with E-state index < -0.39 is 12.0 Å². The number of carbonyl (C=O) groups is 1. The van der Waals surface area contributed by atoms with Crippen LogP contribution in [-0.2, 0) is 4.79 Å². The fourth-order valence-electron chi connectivity index (χ4n) is 6.63. The van der Waals surface area contributed by atoms with Crippen LogP contribution in [0.5, 0.6) is 6.01 Å². The van der Waals surface area contributed by atoms with Crippen LogP contribution >= 0.6 is 11.6 Å². The number of benzene rings is 2. The van der Waals surface area contributed by atoms with Crippen LogP contribution in [-0.4, -0.2) is 88.2 Å². The van der Waals surface area contributed by atoms with Gasteiger partial charge in [-0.05, 0) is 44.2 Å². The summed E-state index contributed by atoms with van der Waals surface area (Å²) < 4.78 is 36.0. The number of fused-ring (bicyclic) bond motifs is 3. The molecular weight excluding hydrogens is 562 g/mol. The summed E-state index contributed by atoms with van der Waals surface area (Å²) in [7, 11) is 1.87. The molecule has 3 aliphatic rings. The summed E-state index contributed by atoms with van der Waals surface area (Å²) in [5.74, 6) is -0.000741. The van der Waals surface area contributed by atoms with E-state index in [1.54, 1.807) is 24.5 Å². The smallest absolute Gasteiger partial charge is 0.319 e. The van der Waals surface area contributed by atoms with Crippen molar-refractivity contribution < 1.29 is 18.3 Å². The second kappa shape index (κ2) is 10.4. The number of aromatic nitrogens is 3. The highest BCUT2D eigenvalue weighted by Gasteiger charge is 2.49. The molecule has 1 amide bonds. The minimum Gasteiger partial charge on any atom is -0.462 e. The van der Waals surface area contributed by atoms with Gasteiger partial charge in [-0.25, -0.2) is 8.78 Å². The number of hydrogen-bond donors (Lipinski definition) is 0. The largest absolute Gasteiger partial charge is 0.462 e. The molecule has 0 bridgehead atoms. The van der Waals surface area contributed by atoms with E-state index in [4.69, 9.17) is 21.3 Å². The van der Waals surface area contributed by atoms with Crippen molar-refractivity contribution in [3.8, 4) is 17.1 Å². The first kappa shape index (κ1) is 27.0. The van der Waals surface area contributed by atoms with Crippen LogP contribution in [0.2, 0.25) is 5.02 Å². The maximum Gasteiger partial charge on any atom is 0.319 e. The third-order valence-electron chi connectivity index (χ3n) is 8.83. The predicted molar refractivity (Wildman–Crippen MR) is 158 cm³/mol. The van der Waals surface area contributed by atoms with Crippen LogP contribution in [0.15, 0.2) is 55.4 Å². The van der Waals surface area contributed by atoms with Gasteiger partial charge in [0.15, 0.2) is 0 Å². The van der Waals surface area contributed by atoms with Crippen molar-refractivity contribution in [3.63, 3.8) is 0 Å². The number of pyridine rings is 1. The lowest BCUT2D eigenvalue weighted by Gasteiger charge is -2.47. The second-order valence-electron chi connectivity index (χ2n) is 11.3. The summed E-state index contributed by atoms with van der Waals surface area (Å²) in [4.78, 5) is 32.0. The van der Waals surface area contributed by atoms with Crippen molar-refractivity contribution in [2.75, 3.05) is 38.2 Å². The molecule has 0 unspecified atom stereocenters. The lowest BCUT2D eigenvalue weighted by atomic mass is 9.95. The third-order valence-corrected chi connectivity index (χ3v) is 9.15. The van der Waals surface area contributed by atoms with E-state index in [1.165, 1.54) is 12.1 Å². The highest BCUT2D eigenvalue weighted by Crippen LogP contribution is 2.42. The zero-order valence-corrected chi connectivity index (χ0v) is 23.8. The standard InChI is InChI=1S/C31H29ClF2N6O2/c1-3-28(41)39-8-7-26-27(39)15-40(26)30-21-10-24(34)20(22-13-35-12-17-5-4-6-23(32)29(17)22)11-25(21)36-31(37-30)42-16-19-9-18(33)14-38(19)2/h3-6,10-13,18-19,26-27H,1,7-9,14-16H2,2H3/t18-,19+,26-,27-/m1/s1. The van der Waals surface area contributed by atoms with Gasteiger partial charge in [-0.2, -0.15) is 9.97 Å². The van der Waals surface area contributed by atoms with Gasteiger partial charge in [0, 0.05) is 70.4 Å². The van der Waals surface area contributed by atoms with Gasteiger partial charge in [-0.3, -0.25) is 14.7 Å².